The monoisotopic (exact) mass is 151 g/mol. The zero-order valence-corrected chi connectivity index (χ0v) is 4.93. The number of halogens is 1. The molecule has 0 unspecified atom stereocenters. The van der Waals surface area contributed by atoms with E-state index < -0.39 is 15.4 Å². The number of nitrogens with zero attached hydrogens (tertiary/aromatic N) is 1. The minimum absolute atomic E-state index is 0.900. The van der Waals surface area contributed by atoms with Gasteiger partial charge in [0.05, 0.1) is 6.20 Å². The second kappa shape index (κ2) is 1.80. The van der Waals surface area contributed by atoms with Crippen molar-refractivity contribution in [2.75, 3.05) is 0 Å². The van der Waals surface area contributed by atoms with E-state index in [1.54, 1.807) is 0 Å². The molecule has 0 fully saturated rings. The number of rotatable bonds is 1. The topological polar surface area (TPSA) is 60.2 Å². The second-order valence-electron chi connectivity index (χ2n) is 1.24. The zero-order chi connectivity index (χ0) is 6.91. The molecule has 1 aromatic heterocycles. The SMILES string of the molecule is O=S(=O)(F)c1ncco1. The largest absolute Gasteiger partial charge is 0.435 e. The van der Waals surface area contributed by atoms with Crippen molar-refractivity contribution in [2.45, 2.75) is 5.22 Å². The molecule has 0 amide bonds. The van der Waals surface area contributed by atoms with Gasteiger partial charge in [-0.05, 0) is 0 Å². The van der Waals surface area contributed by atoms with E-state index in [1.165, 1.54) is 0 Å². The first-order chi connectivity index (χ1) is 4.11. The van der Waals surface area contributed by atoms with Crippen molar-refractivity contribution in [1.82, 2.24) is 4.98 Å². The average molecular weight is 151 g/mol. The number of oxazole rings is 1. The van der Waals surface area contributed by atoms with Gasteiger partial charge in [-0.25, -0.2) is 4.98 Å². The van der Waals surface area contributed by atoms with Crippen LogP contribution in [0.1, 0.15) is 0 Å². The molecule has 1 rings (SSSR count). The summed E-state index contributed by atoms with van der Waals surface area (Å²) in [6.07, 6.45) is 2.03. The van der Waals surface area contributed by atoms with Crippen molar-refractivity contribution in [3.05, 3.63) is 12.5 Å². The normalized spacial score (nSPS) is 11.7. The molecule has 9 heavy (non-hydrogen) atoms. The fourth-order valence-electron chi connectivity index (χ4n) is 0.331. The fraction of sp³-hybridized carbons (Fsp3) is 0. The zero-order valence-electron chi connectivity index (χ0n) is 4.11. The van der Waals surface area contributed by atoms with Gasteiger partial charge in [0.1, 0.15) is 6.26 Å². The third-order valence-electron chi connectivity index (χ3n) is 0.618. The lowest BCUT2D eigenvalue weighted by atomic mass is 11.0. The Kier molecular flexibility index (Phi) is 1.24. The smallest absolute Gasteiger partial charge is 0.385 e. The molecule has 1 aromatic rings. The highest BCUT2D eigenvalue weighted by Crippen LogP contribution is 2.06. The summed E-state index contributed by atoms with van der Waals surface area (Å²) in [5.41, 5.74) is 0. The van der Waals surface area contributed by atoms with Crippen molar-refractivity contribution in [3.63, 3.8) is 0 Å². The fourth-order valence-corrected chi connectivity index (χ4v) is 0.688. The van der Waals surface area contributed by atoms with Gasteiger partial charge in [0.2, 0.25) is 0 Å². The lowest BCUT2D eigenvalue weighted by Crippen LogP contribution is -1.89. The molecular formula is C3H2FNO3S. The predicted molar refractivity (Wildman–Crippen MR) is 24.8 cm³/mol. The third-order valence-corrected chi connectivity index (χ3v) is 1.24. The summed E-state index contributed by atoms with van der Waals surface area (Å²) in [5, 5.41) is -0.900. The van der Waals surface area contributed by atoms with Crippen LogP contribution in [0.15, 0.2) is 22.1 Å². The summed E-state index contributed by atoms with van der Waals surface area (Å²) >= 11 is 0. The first-order valence-electron chi connectivity index (χ1n) is 1.95. The maximum Gasteiger partial charge on any atom is 0.385 e. The predicted octanol–water partition coefficient (Wildman–Crippen LogP) is 0.333. The Morgan fingerprint density at radius 3 is 2.56 bits per heavy atom. The summed E-state index contributed by atoms with van der Waals surface area (Å²) in [6.45, 7) is 0. The van der Waals surface area contributed by atoms with Gasteiger partial charge in [-0.3, -0.25) is 0 Å². The Balaban J connectivity index is 3.20. The maximum absolute atomic E-state index is 11.8. The van der Waals surface area contributed by atoms with E-state index in [1.807, 2.05) is 0 Å². The van der Waals surface area contributed by atoms with Crippen LogP contribution in [0.4, 0.5) is 3.89 Å². The standard InChI is InChI=1S/C3H2FNO3S/c4-9(6,7)3-5-1-2-8-3/h1-2H. The van der Waals surface area contributed by atoms with Crippen LogP contribution in [0.5, 0.6) is 0 Å². The molecule has 50 valence electrons. The number of aromatic nitrogens is 1. The first kappa shape index (κ1) is 6.21. The molecule has 0 saturated heterocycles. The van der Waals surface area contributed by atoms with Crippen molar-refractivity contribution in [3.8, 4) is 0 Å². The van der Waals surface area contributed by atoms with Crippen LogP contribution >= 0.6 is 0 Å². The molecule has 1 heterocycles. The van der Waals surface area contributed by atoms with Crippen molar-refractivity contribution < 1.29 is 16.7 Å². The highest BCUT2D eigenvalue weighted by atomic mass is 32.3. The summed E-state index contributed by atoms with van der Waals surface area (Å²) in [5.74, 6) is 0. The van der Waals surface area contributed by atoms with Crippen LogP contribution in [0.25, 0.3) is 0 Å². The molecule has 0 saturated carbocycles. The molecular weight excluding hydrogens is 149 g/mol. The molecule has 0 radical (unpaired) electrons. The summed E-state index contributed by atoms with van der Waals surface area (Å²) < 4.78 is 35.6. The number of hydrogen-bond donors (Lipinski definition) is 0. The van der Waals surface area contributed by atoms with Crippen LogP contribution in [0, 0.1) is 0 Å². The maximum atomic E-state index is 11.8. The van der Waals surface area contributed by atoms with E-state index in [2.05, 4.69) is 9.40 Å². The molecule has 0 aromatic carbocycles. The van der Waals surface area contributed by atoms with Crippen molar-refractivity contribution >= 4 is 10.2 Å². The second-order valence-corrected chi connectivity index (χ2v) is 2.46. The molecule has 4 nitrogen and oxygen atoms in total. The minimum atomic E-state index is -4.74. The van der Waals surface area contributed by atoms with Gasteiger partial charge >= 0.3 is 15.4 Å². The van der Waals surface area contributed by atoms with Crippen LogP contribution in [0.3, 0.4) is 0 Å². The van der Waals surface area contributed by atoms with Crippen LogP contribution in [-0.2, 0) is 10.2 Å². The lowest BCUT2D eigenvalue weighted by molar-refractivity contribution is 0.415. The van der Waals surface area contributed by atoms with Gasteiger partial charge in [0.15, 0.2) is 0 Å². The Hall–Kier alpha value is -0.910. The van der Waals surface area contributed by atoms with E-state index in [0.29, 0.717) is 0 Å². The van der Waals surface area contributed by atoms with Gasteiger partial charge < -0.3 is 4.42 Å². The highest BCUT2D eigenvalue weighted by molar-refractivity contribution is 7.86. The molecule has 0 spiro atoms. The van der Waals surface area contributed by atoms with E-state index in [4.69, 9.17) is 0 Å². The quantitative estimate of drug-likeness (QED) is 0.543. The molecule has 0 aliphatic rings. The van der Waals surface area contributed by atoms with Gasteiger partial charge in [0, 0.05) is 0 Å². The van der Waals surface area contributed by atoms with Gasteiger partial charge in [-0.1, -0.05) is 3.89 Å². The highest BCUT2D eigenvalue weighted by Gasteiger charge is 2.16. The third kappa shape index (κ3) is 1.26. The molecule has 0 aliphatic carbocycles. The lowest BCUT2D eigenvalue weighted by Gasteiger charge is -1.79. The molecule has 0 bridgehead atoms. The molecule has 0 aliphatic heterocycles. The van der Waals surface area contributed by atoms with Crippen LogP contribution in [-0.4, -0.2) is 13.4 Å². The first-order valence-corrected chi connectivity index (χ1v) is 3.33. The number of hydrogen-bond acceptors (Lipinski definition) is 4. The van der Waals surface area contributed by atoms with Crippen molar-refractivity contribution in [2.24, 2.45) is 0 Å². The molecule has 0 atom stereocenters. The van der Waals surface area contributed by atoms with Crippen LogP contribution in [0.2, 0.25) is 0 Å². The van der Waals surface area contributed by atoms with E-state index in [-0.39, 0.29) is 0 Å². The Morgan fingerprint density at radius 1 is 1.67 bits per heavy atom. The van der Waals surface area contributed by atoms with Gasteiger partial charge in [0.25, 0.3) is 0 Å². The molecule has 0 N–H and O–H groups in total. The van der Waals surface area contributed by atoms with E-state index >= 15 is 0 Å². The Bertz CT molecular complexity index is 276. The van der Waals surface area contributed by atoms with Gasteiger partial charge in [-0.2, -0.15) is 8.42 Å². The minimum Gasteiger partial charge on any atom is -0.435 e. The molecule has 6 heteroatoms. The van der Waals surface area contributed by atoms with Crippen LogP contribution < -0.4 is 0 Å². The van der Waals surface area contributed by atoms with Gasteiger partial charge in [-0.15, -0.1) is 0 Å². The van der Waals surface area contributed by atoms with E-state index in [0.717, 1.165) is 12.5 Å². The summed E-state index contributed by atoms with van der Waals surface area (Å²) in [7, 11) is -4.74. The summed E-state index contributed by atoms with van der Waals surface area (Å²) in [6, 6.07) is 0. The average Bonchev–Trinajstić information content (AvgIpc) is 2.08. The van der Waals surface area contributed by atoms with E-state index in [9.17, 15) is 12.3 Å². The summed E-state index contributed by atoms with van der Waals surface area (Å²) in [4.78, 5) is 3.06. The Labute approximate surface area is 50.5 Å². The van der Waals surface area contributed by atoms with Crippen molar-refractivity contribution in [1.29, 1.82) is 0 Å². The Morgan fingerprint density at radius 2 is 2.33 bits per heavy atom.